The molecule has 0 atom stereocenters. The first-order valence-electron chi connectivity index (χ1n) is 4.58. The number of benzene rings is 1. The number of nitrogens with one attached hydrogen (secondary N) is 1. The van der Waals surface area contributed by atoms with Gasteiger partial charge in [0, 0.05) is 10.5 Å². The Balaban J connectivity index is 2.31. The van der Waals surface area contributed by atoms with Crippen LogP contribution in [0.15, 0.2) is 22.8 Å². The lowest BCUT2D eigenvalue weighted by atomic mass is 10.3. The van der Waals surface area contributed by atoms with Crippen LogP contribution in [0.5, 0.6) is 0 Å². The van der Waals surface area contributed by atoms with Gasteiger partial charge in [-0.1, -0.05) is 11.3 Å². The molecule has 1 aromatic carbocycles. The van der Waals surface area contributed by atoms with Crippen molar-refractivity contribution in [2.24, 2.45) is 0 Å². The molecule has 1 aromatic heterocycles. The van der Waals surface area contributed by atoms with Crippen LogP contribution in [0.3, 0.4) is 0 Å². The normalized spacial score (nSPS) is 10.4. The molecule has 0 unspecified atom stereocenters. The predicted octanol–water partition coefficient (Wildman–Crippen LogP) is 3.63. The van der Waals surface area contributed by atoms with E-state index in [-0.39, 0.29) is 20.2 Å². The van der Waals surface area contributed by atoms with Crippen LogP contribution < -0.4 is 5.32 Å². The monoisotopic (exact) mass is 334 g/mol. The number of hydrogen-bond acceptors (Lipinski definition) is 4. The van der Waals surface area contributed by atoms with Crippen LogP contribution in [0.25, 0.3) is 0 Å². The zero-order valence-corrected chi connectivity index (χ0v) is 11.0. The Kier molecular flexibility index (Phi) is 3.58. The third-order valence-electron chi connectivity index (χ3n) is 1.96. The van der Waals surface area contributed by atoms with Gasteiger partial charge in [-0.2, -0.15) is 0 Å². The summed E-state index contributed by atoms with van der Waals surface area (Å²) in [5.74, 6) is -2.62. The van der Waals surface area contributed by atoms with Gasteiger partial charge in [-0.3, -0.25) is 0 Å². The summed E-state index contributed by atoms with van der Waals surface area (Å²) in [6.45, 7) is 0. The Bertz CT molecular complexity index is 595. The van der Waals surface area contributed by atoms with Gasteiger partial charge in [0.25, 0.3) is 0 Å². The van der Waals surface area contributed by atoms with Crippen LogP contribution in [0.2, 0.25) is 0 Å². The van der Waals surface area contributed by atoms with E-state index >= 15 is 0 Å². The van der Waals surface area contributed by atoms with Crippen molar-refractivity contribution in [1.29, 1.82) is 0 Å². The minimum Gasteiger partial charge on any atom is -0.477 e. The second-order valence-electron chi connectivity index (χ2n) is 3.20. The number of carboxylic acids is 1. The zero-order valence-electron chi connectivity index (χ0n) is 8.58. The Labute approximate surface area is 112 Å². The molecule has 0 aliphatic rings. The van der Waals surface area contributed by atoms with E-state index in [1.807, 2.05) is 0 Å². The van der Waals surface area contributed by atoms with E-state index in [0.717, 1.165) is 29.7 Å². The molecule has 0 saturated heterocycles. The number of anilines is 2. The third-order valence-corrected chi connectivity index (χ3v) is 3.48. The van der Waals surface area contributed by atoms with Crippen molar-refractivity contribution in [3.63, 3.8) is 0 Å². The van der Waals surface area contributed by atoms with Gasteiger partial charge >= 0.3 is 5.97 Å². The van der Waals surface area contributed by atoms with Crippen LogP contribution in [-0.2, 0) is 0 Å². The van der Waals surface area contributed by atoms with Crippen molar-refractivity contribution in [3.8, 4) is 0 Å². The van der Waals surface area contributed by atoms with Crippen molar-refractivity contribution in [2.75, 3.05) is 5.32 Å². The summed E-state index contributed by atoms with van der Waals surface area (Å²) >= 11 is 3.86. The van der Waals surface area contributed by atoms with Crippen molar-refractivity contribution in [1.82, 2.24) is 4.98 Å². The molecule has 2 aromatic rings. The number of halogens is 3. The average molecular weight is 335 g/mol. The summed E-state index contributed by atoms with van der Waals surface area (Å²) in [5, 5.41) is 11.5. The topological polar surface area (TPSA) is 62.2 Å². The van der Waals surface area contributed by atoms with Crippen LogP contribution in [0.1, 0.15) is 9.67 Å². The molecule has 8 heteroatoms. The Hall–Kier alpha value is -1.54. The molecule has 0 aliphatic carbocycles. The lowest BCUT2D eigenvalue weighted by Crippen LogP contribution is -1.95. The van der Waals surface area contributed by atoms with Crippen molar-refractivity contribution < 1.29 is 18.7 Å². The van der Waals surface area contributed by atoms with E-state index in [4.69, 9.17) is 5.11 Å². The molecule has 0 spiro atoms. The molecule has 94 valence electrons. The number of carboxylic acid groups (broad SMARTS) is 1. The highest BCUT2D eigenvalue weighted by Crippen LogP contribution is 2.31. The van der Waals surface area contributed by atoms with Crippen molar-refractivity contribution in [2.45, 2.75) is 0 Å². The smallest absolute Gasteiger partial charge is 0.347 e. The number of aromatic nitrogens is 1. The minimum atomic E-state index is -1.11. The average Bonchev–Trinajstić information content (AvgIpc) is 2.71. The zero-order chi connectivity index (χ0) is 13.3. The number of thiazole rings is 1. The standard InChI is InChI=1S/C10H5BrF2N2O2S/c11-5-1-4(12)2-6(13)8(5)15-10-14-3-7(18-10)9(16)17/h1-3H,(H,14,15)(H,16,17). The molecule has 1 heterocycles. The van der Waals surface area contributed by atoms with Gasteiger partial charge in [-0.25, -0.2) is 18.6 Å². The van der Waals surface area contributed by atoms with E-state index in [1.54, 1.807) is 0 Å². The highest BCUT2D eigenvalue weighted by molar-refractivity contribution is 9.10. The second kappa shape index (κ2) is 4.99. The Morgan fingerprint density at radius 1 is 1.44 bits per heavy atom. The summed E-state index contributed by atoms with van der Waals surface area (Å²) < 4.78 is 26.5. The molecule has 2 N–H and O–H groups in total. The molecule has 0 aliphatic heterocycles. The van der Waals surface area contributed by atoms with Crippen molar-refractivity contribution in [3.05, 3.63) is 39.3 Å². The fourth-order valence-electron chi connectivity index (χ4n) is 1.20. The first kappa shape index (κ1) is 12.9. The fraction of sp³-hybridized carbons (Fsp3) is 0. The number of aromatic carboxylic acids is 1. The Morgan fingerprint density at radius 3 is 2.72 bits per heavy atom. The highest BCUT2D eigenvalue weighted by Gasteiger charge is 2.13. The molecule has 0 amide bonds. The molecule has 0 bridgehead atoms. The SMILES string of the molecule is O=C(O)c1cnc(Nc2c(F)cc(F)cc2Br)s1. The fourth-order valence-corrected chi connectivity index (χ4v) is 2.37. The Morgan fingerprint density at radius 2 is 2.17 bits per heavy atom. The molecule has 0 saturated carbocycles. The maximum atomic E-state index is 13.5. The molecular formula is C10H5BrF2N2O2S. The summed E-state index contributed by atoms with van der Waals surface area (Å²) in [4.78, 5) is 14.5. The number of hydrogen-bond donors (Lipinski definition) is 2. The van der Waals surface area contributed by atoms with Crippen LogP contribution >= 0.6 is 27.3 Å². The van der Waals surface area contributed by atoms with Gasteiger partial charge in [-0.15, -0.1) is 0 Å². The number of nitrogens with zero attached hydrogens (tertiary/aromatic N) is 1. The van der Waals surface area contributed by atoms with Gasteiger partial charge in [0.05, 0.1) is 11.9 Å². The number of carbonyl (C=O) groups is 1. The largest absolute Gasteiger partial charge is 0.477 e. The highest BCUT2D eigenvalue weighted by atomic mass is 79.9. The third kappa shape index (κ3) is 2.65. The molecule has 0 radical (unpaired) electrons. The second-order valence-corrected chi connectivity index (χ2v) is 5.09. The van der Waals surface area contributed by atoms with E-state index < -0.39 is 17.6 Å². The molecular weight excluding hydrogens is 330 g/mol. The van der Waals surface area contributed by atoms with E-state index in [2.05, 4.69) is 26.2 Å². The van der Waals surface area contributed by atoms with E-state index in [0.29, 0.717) is 0 Å². The lowest BCUT2D eigenvalue weighted by Gasteiger charge is -2.06. The molecule has 0 fully saturated rings. The van der Waals surface area contributed by atoms with E-state index in [9.17, 15) is 13.6 Å². The summed E-state index contributed by atoms with van der Waals surface area (Å²) in [7, 11) is 0. The first-order valence-corrected chi connectivity index (χ1v) is 6.19. The molecule has 4 nitrogen and oxygen atoms in total. The van der Waals surface area contributed by atoms with Crippen LogP contribution in [-0.4, -0.2) is 16.1 Å². The maximum Gasteiger partial charge on any atom is 0.347 e. The summed E-state index contributed by atoms with van der Waals surface area (Å²) in [5.41, 5.74) is 0.00249. The molecule has 2 rings (SSSR count). The van der Waals surface area contributed by atoms with Gasteiger partial charge in [-0.05, 0) is 22.0 Å². The van der Waals surface area contributed by atoms with Crippen molar-refractivity contribution >= 4 is 44.1 Å². The van der Waals surface area contributed by atoms with Crippen LogP contribution in [0, 0.1) is 11.6 Å². The van der Waals surface area contributed by atoms with Crippen LogP contribution in [0.4, 0.5) is 19.6 Å². The quantitative estimate of drug-likeness (QED) is 0.899. The first-order chi connectivity index (χ1) is 8.47. The van der Waals surface area contributed by atoms with Gasteiger partial charge in [0.1, 0.15) is 10.7 Å². The predicted molar refractivity (Wildman–Crippen MR) is 66.4 cm³/mol. The lowest BCUT2D eigenvalue weighted by molar-refractivity contribution is 0.0702. The number of rotatable bonds is 3. The van der Waals surface area contributed by atoms with E-state index in [1.165, 1.54) is 0 Å². The summed E-state index contributed by atoms with van der Waals surface area (Å²) in [6.07, 6.45) is 1.16. The minimum absolute atomic E-state index is 0.00249. The van der Waals surface area contributed by atoms with Gasteiger partial charge < -0.3 is 10.4 Å². The maximum absolute atomic E-state index is 13.5. The summed E-state index contributed by atoms with van der Waals surface area (Å²) in [6, 6.07) is 1.82. The molecule has 18 heavy (non-hydrogen) atoms. The van der Waals surface area contributed by atoms with Gasteiger partial charge in [0.15, 0.2) is 10.9 Å². The van der Waals surface area contributed by atoms with Gasteiger partial charge in [0.2, 0.25) is 0 Å².